The van der Waals surface area contributed by atoms with Gasteiger partial charge in [-0.05, 0) is 48.7 Å². The highest BCUT2D eigenvalue weighted by Crippen LogP contribution is 2.24. The molecule has 2 aromatic heterocycles. The first-order valence-corrected chi connectivity index (χ1v) is 7.66. The number of aromatic nitrogens is 2. The number of carbonyl (C=O) groups excluding carboxylic acids is 1. The van der Waals surface area contributed by atoms with E-state index >= 15 is 0 Å². The molecule has 1 saturated heterocycles. The largest absolute Gasteiger partial charge is 0.360 e. The van der Waals surface area contributed by atoms with Crippen LogP contribution in [0.4, 0.5) is 4.39 Å². The van der Waals surface area contributed by atoms with Crippen LogP contribution >= 0.6 is 0 Å². The van der Waals surface area contributed by atoms with Crippen LogP contribution in [0.1, 0.15) is 16.1 Å². The van der Waals surface area contributed by atoms with Gasteiger partial charge in [0, 0.05) is 36.4 Å². The third kappa shape index (κ3) is 2.59. The van der Waals surface area contributed by atoms with E-state index in [1.54, 1.807) is 4.90 Å². The molecular formula is C18H16FN3O. The second-order valence-corrected chi connectivity index (χ2v) is 5.99. The summed E-state index contributed by atoms with van der Waals surface area (Å²) in [7, 11) is 0. The summed E-state index contributed by atoms with van der Waals surface area (Å²) in [6.07, 6.45) is 4.59. The smallest absolute Gasteiger partial charge is 0.253 e. The second kappa shape index (κ2) is 5.50. The first-order valence-electron chi connectivity index (χ1n) is 7.66. The minimum Gasteiger partial charge on any atom is -0.360 e. The van der Waals surface area contributed by atoms with Gasteiger partial charge in [0.05, 0.1) is 11.2 Å². The lowest BCUT2D eigenvalue weighted by Crippen LogP contribution is -2.50. The molecule has 3 aromatic rings. The van der Waals surface area contributed by atoms with Gasteiger partial charge in [-0.1, -0.05) is 0 Å². The first-order chi connectivity index (χ1) is 11.2. The van der Waals surface area contributed by atoms with Crippen molar-refractivity contribution in [2.24, 2.45) is 5.92 Å². The van der Waals surface area contributed by atoms with Crippen molar-refractivity contribution >= 4 is 16.8 Å². The standard InChI is InChI=1S/C18H16FN3O/c19-15-3-1-14(2-4-15)18(23)22-10-12(11-22)9-16-17-13(5-7-20-16)6-8-21-17/h1-8,12,21H,9-11H2. The fourth-order valence-electron chi connectivity index (χ4n) is 3.11. The van der Waals surface area contributed by atoms with Gasteiger partial charge in [0.2, 0.25) is 0 Å². The lowest BCUT2D eigenvalue weighted by Gasteiger charge is -2.39. The number of hydrogen-bond acceptors (Lipinski definition) is 2. The van der Waals surface area contributed by atoms with Gasteiger partial charge in [-0.2, -0.15) is 0 Å². The zero-order chi connectivity index (χ0) is 15.8. The quantitative estimate of drug-likeness (QED) is 0.808. The Bertz CT molecular complexity index is 850. The molecule has 1 aliphatic heterocycles. The summed E-state index contributed by atoms with van der Waals surface area (Å²) in [5.74, 6) is 0.0567. The number of carbonyl (C=O) groups is 1. The molecule has 0 radical (unpaired) electrons. The maximum Gasteiger partial charge on any atom is 0.253 e. The number of pyridine rings is 1. The molecule has 0 unspecified atom stereocenters. The van der Waals surface area contributed by atoms with E-state index in [2.05, 4.69) is 9.97 Å². The van der Waals surface area contributed by atoms with Crippen molar-refractivity contribution in [1.29, 1.82) is 0 Å². The molecule has 1 N–H and O–H groups in total. The molecule has 0 aliphatic carbocycles. The Morgan fingerprint density at radius 1 is 1.22 bits per heavy atom. The monoisotopic (exact) mass is 309 g/mol. The molecule has 0 saturated carbocycles. The van der Waals surface area contributed by atoms with Gasteiger partial charge < -0.3 is 9.88 Å². The third-order valence-electron chi connectivity index (χ3n) is 4.37. The zero-order valence-electron chi connectivity index (χ0n) is 12.5. The summed E-state index contributed by atoms with van der Waals surface area (Å²) in [6.45, 7) is 1.43. The average molecular weight is 309 g/mol. The molecule has 4 rings (SSSR count). The lowest BCUT2D eigenvalue weighted by atomic mass is 9.93. The third-order valence-corrected chi connectivity index (χ3v) is 4.37. The van der Waals surface area contributed by atoms with Crippen LogP contribution < -0.4 is 0 Å². The summed E-state index contributed by atoms with van der Waals surface area (Å²) in [5, 5.41) is 1.16. The Labute approximate surface area is 133 Å². The molecule has 0 atom stereocenters. The predicted octanol–water partition coefficient (Wildman–Crippen LogP) is 3.02. The number of halogens is 1. The summed E-state index contributed by atoms with van der Waals surface area (Å²) < 4.78 is 12.9. The highest BCUT2D eigenvalue weighted by molar-refractivity contribution is 5.94. The van der Waals surface area contributed by atoms with E-state index in [4.69, 9.17) is 0 Å². The number of fused-ring (bicyclic) bond motifs is 1. The number of likely N-dealkylation sites (tertiary alicyclic amines) is 1. The van der Waals surface area contributed by atoms with Crippen LogP contribution in [0.5, 0.6) is 0 Å². The van der Waals surface area contributed by atoms with Gasteiger partial charge in [0.1, 0.15) is 5.82 Å². The molecule has 4 nitrogen and oxygen atoms in total. The Kier molecular flexibility index (Phi) is 3.33. The van der Waals surface area contributed by atoms with Gasteiger partial charge in [-0.15, -0.1) is 0 Å². The van der Waals surface area contributed by atoms with Crippen LogP contribution in [0.3, 0.4) is 0 Å². The van der Waals surface area contributed by atoms with E-state index in [0.717, 1.165) is 36.1 Å². The average Bonchev–Trinajstić information content (AvgIpc) is 3.00. The van der Waals surface area contributed by atoms with E-state index in [-0.39, 0.29) is 11.7 Å². The van der Waals surface area contributed by atoms with Crippen molar-refractivity contribution in [3.8, 4) is 0 Å². The van der Waals surface area contributed by atoms with Gasteiger partial charge >= 0.3 is 0 Å². The van der Waals surface area contributed by atoms with E-state index < -0.39 is 0 Å². The maximum atomic E-state index is 12.9. The molecule has 1 aromatic carbocycles. The van der Waals surface area contributed by atoms with E-state index in [9.17, 15) is 9.18 Å². The molecule has 1 aliphatic rings. The minimum atomic E-state index is -0.326. The molecule has 3 heterocycles. The number of H-pyrrole nitrogens is 1. The Morgan fingerprint density at radius 3 is 2.78 bits per heavy atom. The highest BCUT2D eigenvalue weighted by Gasteiger charge is 2.31. The van der Waals surface area contributed by atoms with E-state index in [1.807, 2.05) is 24.5 Å². The Morgan fingerprint density at radius 2 is 2.00 bits per heavy atom. The normalized spacial score (nSPS) is 14.9. The molecule has 0 spiro atoms. The Balaban J connectivity index is 1.41. The molecule has 0 bridgehead atoms. The lowest BCUT2D eigenvalue weighted by molar-refractivity contribution is 0.0500. The molecule has 116 valence electrons. The number of benzene rings is 1. The van der Waals surface area contributed by atoms with Crippen LogP contribution in [-0.2, 0) is 6.42 Å². The number of aromatic amines is 1. The fraction of sp³-hybridized carbons (Fsp3) is 0.222. The second-order valence-electron chi connectivity index (χ2n) is 5.99. The summed E-state index contributed by atoms with van der Waals surface area (Å²) in [4.78, 5) is 21.8. The van der Waals surface area contributed by atoms with E-state index in [1.165, 1.54) is 24.3 Å². The SMILES string of the molecule is O=C(c1ccc(F)cc1)N1CC(Cc2nccc3cc[nH]c23)C1. The van der Waals surface area contributed by atoms with Crippen LogP contribution in [-0.4, -0.2) is 33.9 Å². The maximum absolute atomic E-state index is 12.9. The first kappa shape index (κ1) is 13.9. The number of rotatable bonds is 3. The van der Waals surface area contributed by atoms with Crippen molar-refractivity contribution < 1.29 is 9.18 Å². The van der Waals surface area contributed by atoms with E-state index in [0.29, 0.717) is 11.5 Å². The summed E-state index contributed by atoms with van der Waals surface area (Å²) in [5.41, 5.74) is 2.66. The number of amides is 1. The van der Waals surface area contributed by atoms with Crippen molar-refractivity contribution in [1.82, 2.24) is 14.9 Å². The molecule has 1 amide bonds. The van der Waals surface area contributed by atoms with Gasteiger partial charge in [0.25, 0.3) is 5.91 Å². The highest BCUT2D eigenvalue weighted by atomic mass is 19.1. The van der Waals surface area contributed by atoms with Crippen molar-refractivity contribution in [3.05, 3.63) is 65.9 Å². The molecule has 23 heavy (non-hydrogen) atoms. The van der Waals surface area contributed by atoms with Crippen molar-refractivity contribution in [2.75, 3.05) is 13.1 Å². The van der Waals surface area contributed by atoms with Gasteiger partial charge in [-0.3, -0.25) is 9.78 Å². The number of nitrogens with one attached hydrogen (secondary N) is 1. The summed E-state index contributed by atoms with van der Waals surface area (Å²) >= 11 is 0. The van der Waals surface area contributed by atoms with Gasteiger partial charge in [0.15, 0.2) is 0 Å². The molecule has 5 heteroatoms. The van der Waals surface area contributed by atoms with Crippen molar-refractivity contribution in [2.45, 2.75) is 6.42 Å². The van der Waals surface area contributed by atoms with Crippen LogP contribution in [0, 0.1) is 11.7 Å². The van der Waals surface area contributed by atoms with Crippen LogP contribution in [0.15, 0.2) is 48.8 Å². The topological polar surface area (TPSA) is 49.0 Å². The minimum absolute atomic E-state index is 0.0349. The fourth-order valence-corrected chi connectivity index (χ4v) is 3.11. The number of hydrogen-bond donors (Lipinski definition) is 1. The van der Waals surface area contributed by atoms with Crippen LogP contribution in [0.2, 0.25) is 0 Å². The molecule has 1 fully saturated rings. The summed E-state index contributed by atoms with van der Waals surface area (Å²) in [6, 6.07) is 9.73. The molecular weight excluding hydrogens is 293 g/mol. The number of nitrogens with zero attached hydrogens (tertiary/aromatic N) is 2. The predicted molar refractivity (Wildman–Crippen MR) is 85.6 cm³/mol. The van der Waals surface area contributed by atoms with Gasteiger partial charge in [-0.25, -0.2) is 4.39 Å². The zero-order valence-corrected chi connectivity index (χ0v) is 12.5. The van der Waals surface area contributed by atoms with Crippen molar-refractivity contribution in [3.63, 3.8) is 0 Å². The van der Waals surface area contributed by atoms with Crippen LogP contribution in [0.25, 0.3) is 10.9 Å². The Hall–Kier alpha value is -2.69.